The average molecular weight is 208 g/mol. The summed E-state index contributed by atoms with van der Waals surface area (Å²) in [6, 6.07) is 14.4. The number of benzene rings is 2. The summed E-state index contributed by atoms with van der Waals surface area (Å²) in [5, 5.41) is 3.68. The fourth-order valence-electron chi connectivity index (χ4n) is 2.23. The predicted molar refractivity (Wildman–Crippen MR) is 68.4 cm³/mol. The molecule has 0 spiro atoms. The van der Waals surface area contributed by atoms with Gasteiger partial charge < -0.3 is 5.73 Å². The Bertz CT molecular complexity index is 687. The lowest BCUT2D eigenvalue weighted by atomic mass is 10.0. The van der Waals surface area contributed by atoms with Crippen LogP contribution in [0.4, 0.5) is 5.82 Å². The molecule has 0 saturated carbocycles. The van der Waals surface area contributed by atoms with E-state index in [1.54, 1.807) is 0 Å². The minimum atomic E-state index is 0.584. The van der Waals surface area contributed by atoms with Gasteiger partial charge in [-0.15, -0.1) is 0 Å². The Balaban J connectivity index is 2.60. The van der Waals surface area contributed by atoms with E-state index in [2.05, 4.69) is 36.2 Å². The summed E-state index contributed by atoms with van der Waals surface area (Å²) in [4.78, 5) is 4.36. The molecular formula is C14H12N2. The summed E-state index contributed by atoms with van der Waals surface area (Å²) < 4.78 is 0. The highest BCUT2D eigenvalue weighted by Crippen LogP contribution is 2.27. The topological polar surface area (TPSA) is 38.9 Å². The molecule has 78 valence electrons. The molecule has 0 aliphatic carbocycles. The van der Waals surface area contributed by atoms with Gasteiger partial charge in [-0.25, -0.2) is 4.98 Å². The van der Waals surface area contributed by atoms with Gasteiger partial charge in [0.15, 0.2) is 0 Å². The molecule has 0 fully saturated rings. The van der Waals surface area contributed by atoms with Crippen LogP contribution in [-0.4, -0.2) is 4.98 Å². The summed E-state index contributed by atoms with van der Waals surface area (Å²) in [7, 11) is 0. The third-order valence-electron chi connectivity index (χ3n) is 2.92. The maximum Gasteiger partial charge on any atom is 0.124 e. The zero-order valence-electron chi connectivity index (χ0n) is 9.07. The van der Waals surface area contributed by atoms with Crippen LogP contribution in [-0.2, 0) is 0 Å². The summed E-state index contributed by atoms with van der Waals surface area (Å²) >= 11 is 0. The molecule has 2 aromatic carbocycles. The van der Waals surface area contributed by atoms with Crippen molar-refractivity contribution in [2.24, 2.45) is 0 Å². The third-order valence-corrected chi connectivity index (χ3v) is 2.92. The average Bonchev–Trinajstić information content (AvgIpc) is 2.28. The van der Waals surface area contributed by atoms with Crippen molar-refractivity contribution in [1.82, 2.24) is 4.98 Å². The van der Waals surface area contributed by atoms with Gasteiger partial charge in [-0.1, -0.05) is 30.3 Å². The number of anilines is 1. The first kappa shape index (κ1) is 9.16. The molecule has 0 aliphatic rings. The molecule has 3 rings (SSSR count). The minimum absolute atomic E-state index is 0.584. The highest BCUT2D eigenvalue weighted by atomic mass is 14.8. The molecular weight excluding hydrogens is 196 g/mol. The summed E-state index contributed by atoms with van der Waals surface area (Å²) in [5.41, 5.74) is 7.91. The third kappa shape index (κ3) is 1.23. The number of hydrogen-bond acceptors (Lipinski definition) is 2. The van der Waals surface area contributed by atoms with Crippen LogP contribution in [0.3, 0.4) is 0 Å². The second-order valence-corrected chi connectivity index (χ2v) is 4.04. The lowest BCUT2D eigenvalue weighted by Crippen LogP contribution is -1.93. The van der Waals surface area contributed by atoms with E-state index in [0.29, 0.717) is 5.82 Å². The maximum absolute atomic E-state index is 5.76. The number of aromatic nitrogens is 1. The largest absolute Gasteiger partial charge is 0.384 e. The van der Waals surface area contributed by atoms with Crippen LogP contribution in [0.15, 0.2) is 42.5 Å². The summed E-state index contributed by atoms with van der Waals surface area (Å²) in [5.74, 6) is 0.584. The number of aryl methyl sites for hydroxylation is 1. The van der Waals surface area contributed by atoms with Crippen LogP contribution in [0.1, 0.15) is 5.56 Å². The van der Waals surface area contributed by atoms with Crippen molar-refractivity contribution >= 4 is 27.5 Å². The molecule has 2 nitrogen and oxygen atoms in total. The van der Waals surface area contributed by atoms with Crippen LogP contribution < -0.4 is 5.73 Å². The van der Waals surface area contributed by atoms with Crippen molar-refractivity contribution < 1.29 is 0 Å². The molecule has 16 heavy (non-hydrogen) atoms. The number of nitrogens with two attached hydrogens (primary N) is 1. The van der Waals surface area contributed by atoms with Gasteiger partial charge in [-0.2, -0.15) is 0 Å². The predicted octanol–water partition coefficient (Wildman–Crippen LogP) is 3.28. The Hall–Kier alpha value is -2.09. The number of rotatable bonds is 0. The second-order valence-electron chi connectivity index (χ2n) is 4.04. The van der Waals surface area contributed by atoms with Gasteiger partial charge in [-0.3, -0.25) is 0 Å². The van der Waals surface area contributed by atoms with Gasteiger partial charge in [0.25, 0.3) is 0 Å². The number of hydrogen-bond donors (Lipinski definition) is 1. The van der Waals surface area contributed by atoms with Crippen LogP contribution >= 0.6 is 0 Å². The number of pyridine rings is 1. The second kappa shape index (κ2) is 3.20. The van der Waals surface area contributed by atoms with E-state index >= 15 is 0 Å². The van der Waals surface area contributed by atoms with Crippen LogP contribution in [0.25, 0.3) is 21.7 Å². The van der Waals surface area contributed by atoms with E-state index in [-0.39, 0.29) is 0 Å². The van der Waals surface area contributed by atoms with Crippen molar-refractivity contribution in [3.63, 3.8) is 0 Å². The van der Waals surface area contributed by atoms with E-state index in [9.17, 15) is 0 Å². The van der Waals surface area contributed by atoms with E-state index in [4.69, 9.17) is 5.73 Å². The zero-order chi connectivity index (χ0) is 11.1. The van der Waals surface area contributed by atoms with Gasteiger partial charge in [0.1, 0.15) is 5.82 Å². The number of fused-ring (bicyclic) bond motifs is 3. The normalized spacial score (nSPS) is 11.1. The van der Waals surface area contributed by atoms with E-state index in [1.807, 2.05) is 18.2 Å². The quantitative estimate of drug-likeness (QED) is 0.576. The van der Waals surface area contributed by atoms with Gasteiger partial charge in [-0.05, 0) is 35.4 Å². The Labute approximate surface area is 93.7 Å². The van der Waals surface area contributed by atoms with Crippen LogP contribution in [0, 0.1) is 6.92 Å². The Morgan fingerprint density at radius 3 is 2.75 bits per heavy atom. The summed E-state index contributed by atoms with van der Waals surface area (Å²) in [6.45, 7) is 2.08. The molecule has 0 radical (unpaired) electrons. The Morgan fingerprint density at radius 1 is 1.06 bits per heavy atom. The van der Waals surface area contributed by atoms with Crippen molar-refractivity contribution in [1.29, 1.82) is 0 Å². The molecule has 0 atom stereocenters. The first-order valence-electron chi connectivity index (χ1n) is 5.30. The smallest absolute Gasteiger partial charge is 0.124 e. The van der Waals surface area contributed by atoms with Gasteiger partial charge in [0.2, 0.25) is 0 Å². The number of nitrogen functional groups attached to an aromatic ring is 1. The highest BCUT2D eigenvalue weighted by molar-refractivity contribution is 6.08. The molecule has 0 bridgehead atoms. The molecule has 0 amide bonds. The van der Waals surface area contributed by atoms with Crippen molar-refractivity contribution in [2.45, 2.75) is 6.92 Å². The van der Waals surface area contributed by atoms with Crippen molar-refractivity contribution in [3.05, 3.63) is 48.0 Å². The molecule has 0 aliphatic heterocycles. The molecule has 2 N–H and O–H groups in total. The van der Waals surface area contributed by atoms with Crippen molar-refractivity contribution in [2.75, 3.05) is 5.73 Å². The van der Waals surface area contributed by atoms with Gasteiger partial charge >= 0.3 is 0 Å². The molecule has 2 heteroatoms. The van der Waals surface area contributed by atoms with Crippen LogP contribution in [0.2, 0.25) is 0 Å². The minimum Gasteiger partial charge on any atom is -0.384 e. The summed E-state index contributed by atoms with van der Waals surface area (Å²) in [6.07, 6.45) is 0. The monoisotopic (exact) mass is 208 g/mol. The van der Waals surface area contributed by atoms with E-state index in [0.717, 1.165) is 5.52 Å². The Morgan fingerprint density at radius 2 is 1.88 bits per heavy atom. The van der Waals surface area contributed by atoms with Gasteiger partial charge in [0.05, 0.1) is 5.52 Å². The zero-order valence-corrected chi connectivity index (χ0v) is 9.07. The molecule has 1 aromatic heterocycles. The standard InChI is InChI=1S/C14H12N2/c1-9-8-13(15)16-12-7-6-10-4-2-3-5-11(10)14(9)12/h2-8H,1H3,(H2,15,16). The first-order valence-corrected chi connectivity index (χ1v) is 5.30. The molecule has 0 saturated heterocycles. The van der Waals surface area contributed by atoms with Crippen molar-refractivity contribution in [3.8, 4) is 0 Å². The van der Waals surface area contributed by atoms with E-state index in [1.165, 1.54) is 21.7 Å². The highest BCUT2D eigenvalue weighted by Gasteiger charge is 2.04. The SMILES string of the molecule is Cc1cc(N)nc2ccc3ccccc3c12. The van der Waals surface area contributed by atoms with E-state index < -0.39 is 0 Å². The number of nitrogens with zero attached hydrogens (tertiary/aromatic N) is 1. The van der Waals surface area contributed by atoms with Gasteiger partial charge in [0, 0.05) is 5.39 Å². The lowest BCUT2D eigenvalue weighted by Gasteiger charge is -2.07. The molecule has 1 heterocycles. The van der Waals surface area contributed by atoms with Crippen LogP contribution in [0.5, 0.6) is 0 Å². The first-order chi connectivity index (χ1) is 7.75. The maximum atomic E-state index is 5.76. The molecule has 3 aromatic rings. The molecule has 0 unspecified atom stereocenters. The fourth-order valence-corrected chi connectivity index (χ4v) is 2.23. The lowest BCUT2D eigenvalue weighted by molar-refractivity contribution is 1.38. The fraction of sp³-hybridized carbons (Fsp3) is 0.0714. The Kier molecular flexibility index (Phi) is 1.83.